The number of sulfone groups is 1. The number of para-hydroxylation sites is 1. The molecule has 5 nitrogen and oxygen atoms in total. The minimum Gasteiger partial charge on any atom is -0.488 e. The van der Waals surface area contributed by atoms with Crippen LogP contribution in [0.1, 0.15) is 12.5 Å². The van der Waals surface area contributed by atoms with Gasteiger partial charge in [0.15, 0.2) is 9.84 Å². The molecular weight excluding hydrogens is 278 g/mol. The van der Waals surface area contributed by atoms with Crippen molar-refractivity contribution in [1.82, 2.24) is 4.90 Å². The van der Waals surface area contributed by atoms with Gasteiger partial charge in [0.2, 0.25) is 5.91 Å². The lowest BCUT2D eigenvalue weighted by Gasteiger charge is -2.29. The fraction of sp³-hybridized carbons (Fsp3) is 0.500. The summed E-state index contributed by atoms with van der Waals surface area (Å²) >= 11 is 0. The maximum Gasteiger partial charge on any atom is 0.237 e. The Morgan fingerprint density at radius 3 is 2.70 bits per heavy atom. The lowest BCUT2D eigenvalue weighted by atomic mass is 10.0. The number of amides is 1. The van der Waals surface area contributed by atoms with E-state index in [4.69, 9.17) is 4.74 Å². The second-order valence-electron chi connectivity index (χ2n) is 5.28. The first kappa shape index (κ1) is 14.8. The van der Waals surface area contributed by atoms with Crippen molar-refractivity contribution in [1.29, 1.82) is 0 Å². The highest BCUT2D eigenvalue weighted by atomic mass is 32.2. The molecule has 0 saturated carbocycles. The molecule has 2 unspecified atom stereocenters. The Labute approximate surface area is 119 Å². The molecule has 1 heterocycles. The SMILES string of the molecule is CC(C1Cc2ccccc2O1)N(C)C(=O)CS(C)(=O)=O. The van der Waals surface area contributed by atoms with E-state index >= 15 is 0 Å². The average Bonchev–Trinajstić information content (AvgIpc) is 2.78. The molecule has 110 valence electrons. The van der Waals surface area contributed by atoms with E-state index in [1.165, 1.54) is 4.90 Å². The van der Waals surface area contributed by atoms with E-state index in [2.05, 4.69) is 0 Å². The fourth-order valence-corrected chi connectivity index (χ4v) is 2.93. The Hall–Kier alpha value is -1.56. The molecule has 0 aliphatic carbocycles. The lowest BCUT2D eigenvalue weighted by Crippen LogP contribution is -2.46. The molecule has 0 spiro atoms. The summed E-state index contributed by atoms with van der Waals surface area (Å²) in [6.07, 6.45) is 1.65. The van der Waals surface area contributed by atoms with Crippen LogP contribution >= 0.6 is 0 Å². The number of hydrogen-bond acceptors (Lipinski definition) is 4. The standard InChI is InChI=1S/C14H19NO4S/c1-10(15(2)14(16)9-20(3,17)18)13-8-11-6-4-5-7-12(11)19-13/h4-7,10,13H,8-9H2,1-3H3. The normalized spacial score (nSPS) is 19.1. The van der Waals surface area contributed by atoms with Gasteiger partial charge in [-0.25, -0.2) is 8.42 Å². The maximum atomic E-state index is 11.9. The molecule has 6 heteroatoms. The van der Waals surface area contributed by atoms with Gasteiger partial charge in [-0.05, 0) is 18.6 Å². The molecule has 1 aliphatic heterocycles. The smallest absolute Gasteiger partial charge is 0.237 e. The molecule has 0 N–H and O–H groups in total. The van der Waals surface area contributed by atoms with Gasteiger partial charge >= 0.3 is 0 Å². The lowest BCUT2D eigenvalue weighted by molar-refractivity contribution is -0.130. The van der Waals surface area contributed by atoms with Gasteiger partial charge in [0.25, 0.3) is 0 Å². The first-order chi connectivity index (χ1) is 9.28. The van der Waals surface area contributed by atoms with Crippen molar-refractivity contribution in [3.63, 3.8) is 0 Å². The molecule has 1 aromatic rings. The van der Waals surface area contributed by atoms with Gasteiger partial charge in [-0.1, -0.05) is 18.2 Å². The number of ether oxygens (including phenoxy) is 1. The Morgan fingerprint density at radius 2 is 2.10 bits per heavy atom. The van der Waals surface area contributed by atoms with Gasteiger partial charge in [-0.15, -0.1) is 0 Å². The Kier molecular flexibility index (Phi) is 4.04. The van der Waals surface area contributed by atoms with Crippen LogP contribution in [0.3, 0.4) is 0 Å². The Bertz CT molecular complexity index is 586. The molecule has 0 radical (unpaired) electrons. The molecule has 1 aromatic carbocycles. The van der Waals surface area contributed by atoms with Crippen LogP contribution in [-0.4, -0.2) is 50.4 Å². The third kappa shape index (κ3) is 3.30. The van der Waals surface area contributed by atoms with E-state index in [0.717, 1.165) is 24.0 Å². The zero-order chi connectivity index (χ0) is 14.9. The number of hydrogen-bond donors (Lipinski definition) is 0. The first-order valence-electron chi connectivity index (χ1n) is 6.46. The van der Waals surface area contributed by atoms with E-state index in [1.54, 1.807) is 7.05 Å². The first-order valence-corrected chi connectivity index (χ1v) is 8.52. The monoisotopic (exact) mass is 297 g/mol. The van der Waals surface area contributed by atoms with Crippen LogP contribution < -0.4 is 4.74 Å². The molecule has 0 fully saturated rings. The minimum atomic E-state index is -3.31. The highest BCUT2D eigenvalue weighted by Gasteiger charge is 2.32. The predicted octanol–water partition coefficient (Wildman–Crippen LogP) is 0.882. The van der Waals surface area contributed by atoms with Crippen molar-refractivity contribution in [2.45, 2.75) is 25.5 Å². The topological polar surface area (TPSA) is 63.7 Å². The van der Waals surface area contributed by atoms with E-state index < -0.39 is 21.5 Å². The van der Waals surface area contributed by atoms with Gasteiger partial charge in [0, 0.05) is 19.7 Å². The third-order valence-electron chi connectivity index (χ3n) is 3.60. The van der Waals surface area contributed by atoms with Crippen molar-refractivity contribution >= 4 is 15.7 Å². The molecule has 1 amide bonds. The van der Waals surface area contributed by atoms with Crippen molar-refractivity contribution in [3.8, 4) is 5.75 Å². The highest BCUT2D eigenvalue weighted by Crippen LogP contribution is 2.30. The number of carbonyl (C=O) groups excluding carboxylic acids is 1. The largest absolute Gasteiger partial charge is 0.488 e. The second-order valence-corrected chi connectivity index (χ2v) is 7.42. The maximum absolute atomic E-state index is 11.9. The van der Waals surface area contributed by atoms with E-state index in [-0.39, 0.29) is 12.1 Å². The minimum absolute atomic E-state index is 0.138. The van der Waals surface area contributed by atoms with E-state index in [0.29, 0.717) is 0 Å². The van der Waals surface area contributed by atoms with E-state index in [9.17, 15) is 13.2 Å². The Morgan fingerprint density at radius 1 is 1.45 bits per heavy atom. The molecule has 0 saturated heterocycles. The zero-order valence-corrected chi connectivity index (χ0v) is 12.7. The van der Waals surface area contributed by atoms with Crippen molar-refractivity contribution in [2.75, 3.05) is 19.1 Å². The van der Waals surface area contributed by atoms with Crippen LogP contribution in [0.25, 0.3) is 0 Å². The van der Waals surface area contributed by atoms with Crippen LogP contribution in [0.2, 0.25) is 0 Å². The quantitative estimate of drug-likeness (QED) is 0.827. The van der Waals surface area contributed by atoms with Crippen LogP contribution in [0, 0.1) is 0 Å². The number of carbonyl (C=O) groups is 1. The highest BCUT2D eigenvalue weighted by molar-refractivity contribution is 7.91. The third-order valence-corrected chi connectivity index (χ3v) is 4.37. The summed E-state index contributed by atoms with van der Waals surface area (Å²) in [6, 6.07) is 7.58. The van der Waals surface area contributed by atoms with Gasteiger partial charge < -0.3 is 9.64 Å². The fourth-order valence-electron chi connectivity index (χ4n) is 2.28. The van der Waals surface area contributed by atoms with Crippen LogP contribution in [0.15, 0.2) is 24.3 Å². The van der Waals surface area contributed by atoms with Gasteiger partial charge in [0.05, 0.1) is 6.04 Å². The van der Waals surface area contributed by atoms with Crippen molar-refractivity contribution in [2.24, 2.45) is 0 Å². The predicted molar refractivity (Wildman–Crippen MR) is 76.5 cm³/mol. The molecular formula is C14H19NO4S. The zero-order valence-electron chi connectivity index (χ0n) is 11.9. The van der Waals surface area contributed by atoms with E-state index in [1.807, 2.05) is 31.2 Å². The van der Waals surface area contributed by atoms with Crippen LogP contribution in [0.4, 0.5) is 0 Å². The number of fused-ring (bicyclic) bond motifs is 1. The second kappa shape index (κ2) is 5.44. The van der Waals surface area contributed by atoms with Gasteiger partial charge in [0.1, 0.15) is 17.6 Å². The molecule has 2 atom stereocenters. The summed E-state index contributed by atoms with van der Waals surface area (Å²) < 4.78 is 28.2. The molecule has 20 heavy (non-hydrogen) atoms. The molecule has 0 bridgehead atoms. The summed E-state index contributed by atoms with van der Waals surface area (Å²) in [6.45, 7) is 1.87. The van der Waals surface area contributed by atoms with Crippen molar-refractivity contribution in [3.05, 3.63) is 29.8 Å². The number of likely N-dealkylation sites (N-methyl/N-ethyl adjacent to an activating group) is 1. The van der Waals surface area contributed by atoms with Gasteiger partial charge in [-0.3, -0.25) is 4.79 Å². The van der Waals surface area contributed by atoms with Crippen LogP contribution in [-0.2, 0) is 21.1 Å². The average molecular weight is 297 g/mol. The molecule has 1 aliphatic rings. The van der Waals surface area contributed by atoms with Gasteiger partial charge in [-0.2, -0.15) is 0 Å². The summed E-state index contributed by atoms with van der Waals surface area (Å²) in [5.74, 6) is -0.0269. The molecule has 2 rings (SSSR count). The molecule has 0 aromatic heterocycles. The Balaban J connectivity index is 2.03. The number of nitrogens with zero attached hydrogens (tertiary/aromatic N) is 1. The van der Waals surface area contributed by atoms with Crippen molar-refractivity contribution < 1.29 is 17.9 Å². The summed E-state index contributed by atoms with van der Waals surface area (Å²) in [4.78, 5) is 13.4. The number of rotatable bonds is 4. The van der Waals surface area contributed by atoms with Crippen LogP contribution in [0.5, 0.6) is 5.75 Å². The summed E-state index contributed by atoms with van der Waals surface area (Å²) in [5.41, 5.74) is 1.12. The summed E-state index contributed by atoms with van der Waals surface area (Å²) in [7, 11) is -1.70. The number of benzene rings is 1. The summed E-state index contributed by atoms with van der Waals surface area (Å²) in [5, 5.41) is 0.